The van der Waals surface area contributed by atoms with Crippen molar-refractivity contribution >= 4 is 23.3 Å². The maximum Gasteiger partial charge on any atom is 0.178 e. The molecule has 1 aromatic carbocycles. The number of H-pyrrole nitrogens is 1. The van der Waals surface area contributed by atoms with E-state index in [-0.39, 0.29) is 0 Å². The van der Waals surface area contributed by atoms with Crippen molar-refractivity contribution in [3.8, 4) is 0 Å². The molecule has 1 N–H and O–H groups in total. The Morgan fingerprint density at radius 2 is 2.25 bits per heavy atom. The molecular weight excluding hydrogens is 220 g/mol. The van der Waals surface area contributed by atoms with Crippen LogP contribution in [0.15, 0.2) is 18.2 Å². The number of aryl methyl sites for hydroxylation is 1. The molecule has 0 spiro atoms. The highest BCUT2D eigenvalue weighted by Gasteiger charge is 2.03. The van der Waals surface area contributed by atoms with Crippen molar-refractivity contribution in [2.75, 3.05) is 13.2 Å². The number of imidazole rings is 1. The van der Waals surface area contributed by atoms with Gasteiger partial charge in [-0.1, -0.05) is 6.07 Å². The number of nitrogens with zero attached hydrogens (tertiary/aromatic N) is 1. The predicted molar refractivity (Wildman–Crippen MR) is 68.4 cm³/mol. The topological polar surface area (TPSA) is 29.9 Å². The summed E-state index contributed by atoms with van der Waals surface area (Å²) >= 11 is 5.30. The zero-order chi connectivity index (χ0) is 11.5. The molecule has 0 aliphatic heterocycles. The van der Waals surface area contributed by atoms with Crippen molar-refractivity contribution in [2.45, 2.75) is 20.4 Å². The standard InChI is InChI=1S/C12H16N2OS/c1-3-15-7-6-14-11-5-4-9(2)8-10(11)13-12(14)16/h4-5,8H,3,6-7H2,1-2H3,(H,13,16). The Labute approximate surface area is 100 Å². The van der Waals surface area contributed by atoms with E-state index in [1.54, 1.807) is 0 Å². The number of aromatic amines is 1. The maximum atomic E-state index is 5.35. The lowest BCUT2D eigenvalue weighted by Gasteiger charge is -2.04. The van der Waals surface area contributed by atoms with Crippen molar-refractivity contribution in [1.82, 2.24) is 9.55 Å². The Kier molecular flexibility index (Phi) is 3.41. The fourth-order valence-electron chi connectivity index (χ4n) is 1.80. The molecule has 1 aromatic heterocycles. The van der Waals surface area contributed by atoms with Gasteiger partial charge in [0.2, 0.25) is 0 Å². The molecule has 2 rings (SSSR count). The first-order chi connectivity index (χ1) is 7.72. The number of fused-ring (bicyclic) bond motifs is 1. The van der Waals surface area contributed by atoms with E-state index in [1.807, 2.05) is 6.92 Å². The van der Waals surface area contributed by atoms with Gasteiger partial charge in [-0.3, -0.25) is 0 Å². The molecule has 0 aliphatic rings. The number of benzene rings is 1. The van der Waals surface area contributed by atoms with Crippen LogP contribution in [-0.2, 0) is 11.3 Å². The number of aromatic nitrogens is 2. The Morgan fingerprint density at radius 3 is 3.00 bits per heavy atom. The summed E-state index contributed by atoms with van der Waals surface area (Å²) in [5.74, 6) is 0. The van der Waals surface area contributed by atoms with Gasteiger partial charge in [0.15, 0.2) is 4.77 Å². The van der Waals surface area contributed by atoms with E-state index in [2.05, 4.69) is 34.7 Å². The maximum absolute atomic E-state index is 5.35. The van der Waals surface area contributed by atoms with Crippen molar-refractivity contribution < 1.29 is 4.74 Å². The predicted octanol–water partition coefficient (Wildman–Crippen LogP) is 3.04. The first-order valence-electron chi connectivity index (χ1n) is 5.49. The summed E-state index contributed by atoms with van der Waals surface area (Å²) in [7, 11) is 0. The average molecular weight is 236 g/mol. The minimum atomic E-state index is 0.700. The highest BCUT2D eigenvalue weighted by Crippen LogP contribution is 2.15. The molecule has 0 radical (unpaired) electrons. The van der Waals surface area contributed by atoms with Crippen LogP contribution in [0.1, 0.15) is 12.5 Å². The average Bonchev–Trinajstić information content (AvgIpc) is 2.55. The molecule has 0 saturated carbocycles. The lowest BCUT2D eigenvalue weighted by Crippen LogP contribution is -2.05. The third kappa shape index (κ3) is 2.18. The van der Waals surface area contributed by atoms with Gasteiger partial charge in [-0.15, -0.1) is 0 Å². The van der Waals surface area contributed by atoms with E-state index < -0.39 is 0 Å². The summed E-state index contributed by atoms with van der Waals surface area (Å²) in [6, 6.07) is 6.31. The summed E-state index contributed by atoms with van der Waals surface area (Å²) in [5.41, 5.74) is 3.48. The molecule has 0 amide bonds. The molecule has 0 atom stereocenters. The smallest absolute Gasteiger partial charge is 0.178 e. The second-order valence-corrected chi connectivity index (χ2v) is 4.19. The fourth-order valence-corrected chi connectivity index (χ4v) is 2.10. The molecule has 0 unspecified atom stereocenters. The summed E-state index contributed by atoms with van der Waals surface area (Å²) in [6.45, 7) is 6.32. The molecule has 2 aromatic rings. The first-order valence-corrected chi connectivity index (χ1v) is 5.90. The second kappa shape index (κ2) is 4.80. The Morgan fingerprint density at radius 1 is 1.44 bits per heavy atom. The number of nitrogens with one attached hydrogen (secondary N) is 1. The van der Waals surface area contributed by atoms with Gasteiger partial charge in [0.05, 0.1) is 17.6 Å². The Bertz CT molecular complexity index is 541. The van der Waals surface area contributed by atoms with E-state index in [0.717, 1.165) is 29.0 Å². The van der Waals surface area contributed by atoms with Crippen molar-refractivity contribution in [2.24, 2.45) is 0 Å². The normalized spacial score (nSPS) is 11.1. The lowest BCUT2D eigenvalue weighted by molar-refractivity contribution is 0.139. The van der Waals surface area contributed by atoms with E-state index in [1.165, 1.54) is 5.56 Å². The number of ether oxygens (including phenoxy) is 1. The number of hydrogen-bond acceptors (Lipinski definition) is 2. The van der Waals surface area contributed by atoms with Crippen LogP contribution >= 0.6 is 12.2 Å². The molecule has 0 fully saturated rings. The molecule has 4 heteroatoms. The van der Waals surface area contributed by atoms with Gasteiger partial charge in [0, 0.05) is 13.2 Å². The molecule has 1 heterocycles. The zero-order valence-corrected chi connectivity index (χ0v) is 10.4. The summed E-state index contributed by atoms with van der Waals surface area (Å²) in [6.07, 6.45) is 0. The van der Waals surface area contributed by atoms with E-state index >= 15 is 0 Å². The number of hydrogen-bond donors (Lipinski definition) is 1. The van der Waals surface area contributed by atoms with E-state index in [0.29, 0.717) is 6.61 Å². The third-order valence-electron chi connectivity index (χ3n) is 2.59. The van der Waals surface area contributed by atoms with Gasteiger partial charge in [0.25, 0.3) is 0 Å². The molecule has 0 bridgehead atoms. The zero-order valence-electron chi connectivity index (χ0n) is 9.62. The molecular formula is C12H16N2OS. The van der Waals surface area contributed by atoms with Gasteiger partial charge in [-0.2, -0.15) is 0 Å². The lowest BCUT2D eigenvalue weighted by atomic mass is 10.2. The Hall–Kier alpha value is -1.13. The molecule has 0 saturated heterocycles. The monoisotopic (exact) mass is 236 g/mol. The van der Waals surface area contributed by atoms with Gasteiger partial charge >= 0.3 is 0 Å². The molecule has 86 valence electrons. The molecule has 3 nitrogen and oxygen atoms in total. The highest BCUT2D eigenvalue weighted by molar-refractivity contribution is 7.71. The van der Waals surface area contributed by atoms with Crippen LogP contribution in [0, 0.1) is 11.7 Å². The number of rotatable bonds is 4. The van der Waals surface area contributed by atoms with E-state index in [4.69, 9.17) is 17.0 Å². The summed E-state index contributed by atoms with van der Waals surface area (Å²) in [5, 5.41) is 0. The van der Waals surface area contributed by atoms with Crippen LogP contribution in [0.5, 0.6) is 0 Å². The minimum Gasteiger partial charge on any atom is -0.380 e. The van der Waals surface area contributed by atoms with Gasteiger partial charge in [0.1, 0.15) is 0 Å². The fraction of sp³-hybridized carbons (Fsp3) is 0.417. The van der Waals surface area contributed by atoms with Crippen LogP contribution in [0.3, 0.4) is 0 Å². The quantitative estimate of drug-likeness (QED) is 0.653. The van der Waals surface area contributed by atoms with Gasteiger partial charge in [-0.05, 0) is 43.8 Å². The third-order valence-corrected chi connectivity index (χ3v) is 2.92. The van der Waals surface area contributed by atoms with Crippen LogP contribution in [-0.4, -0.2) is 22.8 Å². The highest BCUT2D eigenvalue weighted by atomic mass is 32.1. The second-order valence-electron chi connectivity index (χ2n) is 3.80. The van der Waals surface area contributed by atoms with Gasteiger partial charge in [-0.25, -0.2) is 0 Å². The van der Waals surface area contributed by atoms with Gasteiger partial charge < -0.3 is 14.3 Å². The van der Waals surface area contributed by atoms with Crippen LogP contribution in [0.25, 0.3) is 11.0 Å². The molecule has 0 aliphatic carbocycles. The SMILES string of the molecule is CCOCCn1c(=S)[nH]c2cc(C)ccc21. The first kappa shape index (κ1) is 11.4. The van der Waals surface area contributed by atoms with Crippen molar-refractivity contribution in [3.63, 3.8) is 0 Å². The largest absolute Gasteiger partial charge is 0.380 e. The molecule has 16 heavy (non-hydrogen) atoms. The Balaban J connectivity index is 2.36. The van der Waals surface area contributed by atoms with Crippen molar-refractivity contribution in [1.29, 1.82) is 0 Å². The van der Waals surface area contributed by atoms with Crippen LogP contribution < -0.4 is 0 Å². The summed E-state index contributed by atoms with van der Waals surface area (Å²) in [4.78, 5) is 3.22. The van der Waals surface area contributed by atoms with Crippen LogP contribution in [0.4, 0.5) is 0 Å². The minimum absolute atomic E-state index is 0.700. The van der Waals surface area contributed by atoms with Crippen molar-refractivity contribution in [3.05, 3.63) is 28.5 Å². The van der Waals surface area contributed by atoms with Crippen LogP contribution in [0.2, 0.25) is 0 Å². The summed E-state index contributed by atoms with van der Waals surface area (Å²) < 4.78 is 8.20. The van der Waals surface area contributed by atoms with E-state index in [9.17, 15) is 0 Å².